The van der Waals surface area contributed by atoms with E-state index in [1.807, 2.05) is 13.8 Å². The molecule has 0 aromatic carbocycles. The van der Waals surface area contributed by atoms with Crippen molar-refractivity contribution in [2.75, 3.05) is 31.7 Å². The average Bonchev–Trinajstić information content (AvgIpc) is 2.77. The zero-order chi connectivity index (χ0) is 13.2. The van der Waals surface area contributed by atoms with Crippen molar-refractivity contribution in [3.05, 3.63) is 5.01 Å². The minimum atomic E-state index is -0.101. The lowest BCUT2D eigenvalue weighted by molar-refractivity contribution is -0.117. The lowest BCUT2D eigenvalue weighted by Gasteiger charge is -2.00. The summed E-state index contributed by atoms with van der Waals surface area (Å²) in [5.74, 6) is -0.101. The molecule has 1 aromatic heterocycles. The number of hydrogen-bond acceptors (Lipinski definition) is 6. The number of aromatic nitrogens is 2. The Morgan fingerprint density at radius 2 is 1.94 bits per heavy atom. The lowest BCUT2D eigenvalue weighted by Crippen LogP contribution is -2.13. The van der Waals surface area contributed by atoms with Crippen molar-refractivity contribution in [2.24, 2.45) is 0 Å². The SMILES string of the molecule is CCOCCC(=O)Nc1nnc(CCOCC)s1. The summed E-state index contributed by atoms with van der Waals surface area (Å²) in [6.45, 7) is 6.21. The van der Waals surface area contributed by atoms with Gasteiger partial charge >= 0.3 is 0 Å². The highest BCUT2D eigenvalue weighted by atomic mass is 32.1. The molecule has 1 aromatic rings. The molecule has 0 saturated heterocycles. The predicted molar refractivity (Wildman–Crippen MR) is 69.8 cm³/mol. The van der Waals surface area contributed by atoms with E-state index in [-0.39, 0.29) is 5.91 Å². The number of rotatable bonds is 9. The fourth-order valence-electron chi connectivity index (χ4n) is 1.20. The molecule has 0 aliphatic rings. The van der Waals surface area contributed by atoms with Gasteiger partial charge in [-0.15, -0.1) is 10.2 Å². The molecule has 0 bridgehead atoms. The molecule has 0 saturated carbocycles. The smallest absolute Gasteiger partial charge is 0.228 e. The third-order valence-electron chi connectivity index (χ3n) is 2.06. The molecule has 0 atom stereocenters. The topological polar surface area (TPSA) is 73.3 Å². The number of ether oxygens (including phenoxy) is 2. The van der Waals surface area contributed by atoms with E-state index in [9.17, 15) is 4.79 Å². The zero-order valence-corrected chi connectivity index (χ0v) is 11.6. The maximum Gasteiger partial charge on any atom is 0.228 e. The van der Waals surface area contributed by atoms with Crippen LogP contribution in [0.2, 0.25) is 0 Å². The van der Waals surface area contributed by atoms with Crippen LogP contribution >= 0.6 is 11.3 Å². The summed E-state index contributed by atoms with van der Waals surface area (Å²) in [6, 6.07) is 0. The summed E-state index contributed by atoms with van der Waals surface area (Å²) in [5, 5.41) is 12.0. The summed E-state index contributed by atoms with van der Waals surface area (Å²) in [5.41, 5.74) is 0. The van der Waals surface area contributed by atoms with E-state index in [4.69, 9.17) is 9.47 Å². The average molecular weight is 273 g/mol. The van der Waals surface area contributed by atoms with Crippen LogP contribution in [0.1, 0.15) is 25.3 Å². The highest BCUT2D eigenvalue weighted by Crippen LogP contribution is 2.15. The summed E-state index contributed by atoms with van der Waals surface area (Å²) in [6.07, 6.45) is 1.06. The first kappa shape index (κ1) is 15.0. The van der Waals surface area contributed by atoms with Gasteiger partial charge in [-0.3, -0.25) is 4.79 Å². The van der Waals surface area contributed by atoms with Gasteiger partial charge in [0, 0.05) is 19.6 Å². The van der Waals surface area contributed by atoms with Crippen LogP contribution in [0.15, 0.2) is 0 Å². The van der Waals surface area contributed by atoms with E-state index in [0.717, 1.165) is 11.4 Å². The van der Waals surface area contributed by atoms with Gasteiger partial charge in [-0.05, 0) is 13.8 Å². The Morgan fingerprint density at radius 3 is 2.67 bits per heavy atom. The fraction of sp³-hybridized carbons (Fsp3) is 0.727. The van der Waals surface area contributed by atoms with Crippen molar-refractivity contribution >= 4 is 22.4 Å². The molecule has 0 aliphatic heterocycles. The molecule has 1 amide bonds. The maximum absolute atomic E-state index is 11.5. The molecule has 102 valence electrons. The van der Waals surface area contributed by atoms with Crippen molar-refractivity contribution in [1.29, 1.82) is 0 Å². The molecule has 1 heterocycles. The summed E-state index contributed by atoms with van der Waals surface area (Å²) in [7, 11) is 0. The van der Waals surface area contributed by atoms with Gasteiger partial charge in [0.15, 0.2) is 0 Å². The molecule has 7 heteroatoms. The molecule has 0 aliphatic carbocycles. The Balaban J connectivity index is 2.27. The van der Waals surface area contributed by atoms with Crippen LogP contribution in [0.4, 0.5) is 5.13 Å². The minimum Gasteiger partial charge on any atom is -0.381 e. The molecule has 0 radical (unpaired) electrons. The quantitative estimate of drug-likeness (QED) is 0.690. The van der Waals surface area contributed by atoms with Gasteiger partial charge in [-0.1, -0.05) is 11.3 Å². The van der Waals surface area contributed by atoms with Gasteiger partial charge in [0.25, 0.3) is 0 Å². The first-order valence-electron chi connectivity index (χ1n) is 6.04. The first-order valence-corrected chi connectivity index (χ1v) is 6.85. The Hall–Kier alpha value is -1.05. The van der Waals surface area contributed by atoms with Gasteiger partial charge < -0.3 is 14.8 Å². The number of hydrogen-bond donors (Lipinski definition) is 1. The molecule has 1 rings (SSSR count). The van der Waals surface area contributed by atoms with E-state index in [2.05, 4.69) is 15.5 Å². The van der Waals surface area contributed by atoms with Gasteiger partial charge in [-0.2, -0.15) is 0 Å². The van der Waals surface area contributed by atoms with Crippen LogP contribution in [0.3, 0.4) is 0 Å². The number of amides is 1. The summed E-state index contributed by atoms with van der Waals surface area (Å²) < 4.78 is 10.3. The third-order valence-corrected chi connectivity index (χ3v) is 2.95. The number of nitrogens with one attached hydrogen (secondary N) is 1. The van der Waals surface area contributed by atoms with Crippen molar-refractivity contribution < 1.29 is 14.3 Å². The van der Waals surface area contributed by atoms with Crippen LogP contribution in [0, 0.1) is 0 Å². The largest absolute Gasteiger partial charge is 0.381 e. The van der Waals surface area contributed by atoms with Gasteiger partial charge in [0.05, 0.1) is 19.6 Å². The second kappa shape index (κ2) is 8.96. The van der Waals surface area contributed by atoms with Crippen molar-refractivity contribution in [3.8, 4) is 0 Å². The Bertz CT molecular complexity index is 357. The number of carbonyl (C=O) groups excluding carboxylic acids is 1. The monoisotopic (exact) mass is 273 g/mol. The molecule has 1 N–H and O–H groups in total. The molecular weight excluding hydrogens is 254 g/mol. The second-order valence-corrected chi connectivity index (χ2v) is 4.51. The van der Waals surface area contributed by atoms with Crippen molar-refractivity contribution in [3.63, 3.8) is 0 Å². The van der Waals surface area contributed by atoms with Crippen LogP contribution in [0.5, 0.6) is 0 Å². The molecule has 6 nitrogen and oxygen atoms in total. The van der Waals surface area contributed by atoms with Crippen molar-refractivity contribution in [2.45, 2.75) is 26.7 Å². The van der Waals surface area contributed by atoms with E-state index in [0.29, 0.717) is 38.0 Å². The van der Waals surface area contributed by atoms with E-state index < -0.39 is 0 Å². The van der Waals surface area contributed by atoms with E-state index >= 15 is 0 Å². The van der Waals surface area contributed by atoms with E-state index in [1.54, 1.807) is 0 Å². The number of carbonyl (C=O) groups is 1. The minimum absolute atomic E-state index is 0.101. The Kier molecular flexibility index (Phi) is 7.47. The van der Waals surface area contributed by atoms with Gasteiger partial charge in [-0.25, -0.2) is 0 Å². The standard InChI is InChI=1S/C11H19N3O3S/c1-3-16-7-5-9(15)12-11-14-13-10(18-11)6-8-17-4-2/h3-8H2,1-2H3,(H,12,14,15). The van der Waals surface area contributed by atoms with E-state index in [1.165, 1.54) is 11.3 Å². The molecule has 18 heavy (non-hydrogen) atoms. The normalized spacial score (nSPS) is 10.6. The highest BCUT2D eigenvalue weighted by molar-refractivity contribution is 7.15. The number of anilines is 1. The molecule has 0 spiro atoms. The van der Waals surface area contributed by atoms with Gasteiger partial charge in [0.1, 0.15) is 5.01 Å². The Labute approximate surface area is 111 Å². The third kappa shape index (κ3) is 6.04. The number of nitrogens with zero attached hydrogens (tertiary/aromatic N) is 2. The first-order chi connectivity index (χ1) is 8.76. The Morgan fingerprint density at radius 1 is 1.22 bits per heavy atom. The molecular formula is C11H19N3O3S. The van der Waals surface area contributed by atoms with Crippen LogP contribution in [-0.4, -0.2) is 42.5 Å². The summed E-state index contributed by atoms with van der Waals surface area (Å²) >= 11 is 1.38. The van der Waals surface area contributed by atoms with Crippen LogP contribution < -0.4 is 5.32 Å². The summed E-state index contributed by atoms with van der Waals surface area (Å²) in [4.78, 5) is 11.5. The predicted octanol–water partition coefficient (Wildman–Crippen LogP) is 1.48. The van der Waals surface area contributed by atoms with Crippen LogP contribution in [0.25, 0.3) is 0 Å². The molecule has 0 unspecified atom stereocenters. The van der Waals surface area contributed by atoms with Crippen molar-refractivity contribution in [1.82, 2.24) is 10.2 Å². The fourth-order valence-corrected chi connectivity index (χ4v) is 1.94. The van der Waals surface area contributed by atoms with Crippen LogP contribution in [-0.2, 0) is 20.7 Å². The highest BCUT2D eigenvalue weighted by Gasteiger charge is 2.07. The second-order valence-electron chi connectivity index (χ2n) is 3.44. The zero-order valence-electron chi connectivity index (χ0n) is 10.8. The van der Waals surface area contributed by atoms with Gasteiger partial charge in [0.2, 0.25) is 11.0 Å². The molecule has 0 fully saturated rings. The maximum atomic E-state index is 11.5. The lowest BCUT2D eigenvalue weighted by atomic mass is 10.4.